The van der Waals surface area contributed by atoms with Crippen molar-refractivity contribution in [2.24, 2.45) is 0 Å². The molecule has 1 atom stereocenters. The number of para-hydroxylation sites is 1. The normalized spacial score (nSPS) is 13.7. The van der Waals surface area contributed by atoms with Gasteiger partial charge >= 0.3 is 0 Å². The van der Waals surface area contributed by atoms with Gasteiger partial charge in [-0.3, -0.25) is 19.3 Å². The van der Waals surface area contributed by atoms with Gasteiger partial charge in [-0.1, -0.05) is 30.3 Å². The molecule has 42 heavy (non-hydrogen) atoms. The number of nitrogens with one attached hydrogen (secondary N) is 1. The Morgan fingerprint density at radius 2 is 1.86 bits per heavy atom. The molecule has 0 unspecified atom stereocenters. The van der Waals surface area contributed by atoms with Crippen LogP contribution >= 0.6 is 0 Å². The van der Waals surface area contributed by atoms with Crippen LogP contribution in [0, 0.1) is 5.82 Å². The maximum Gasteiger partial charge on any atom is 0.257 e. The van der Waals surface area contributed by atoms with Gasteiger partial charge in [0.05, 0.1) is 11.2 Å². The number of anilines is 1. The summed E-state index contributed by atoms with van der Waals surface area (Å²) < 4.78 is 20.7. The fraction of sp³-hybridized carbons (Fsp3) is 0.219. The number of nitrogens with zero attached hydrogens (tertiary/aromatic N) is 3. The molecule has 1 aliphatic heterocycles. The molecule has 2 N–H and O–H groups in total. The van der Waals surface area contributed by atoms with Gasteiger partial charge in [-0.25, -0.2) is 4.39 Å². The van der Waals surface area contributed by atoms with Crippen LogP contribution in [0.25, 0.3) is 21.9 Å². The van der Waals surface area contributed by atoms with Crippen molar-refractivity contribution in [1.29, 1.82) is 0 Å². The highest BCUT2D eigenvalue weighted by molar-refractivity contribution is 6.07. The number of pyridine rings is 1. The molecule has 1 aliphatic rings. The largest absolute Gasteiger partial charge is 0.458 e. The number of aliphatic hydroxyl groups excluding tert-OH is 1. The molecule has 0 aliphatic carbocycles. The molecule has 9 nitrogen and oxygen atoms in total. The lowest BCUT2D eigenvalue weighted by Gasteiger charge is -2.29. The molecule has 0 fully saturated rings. The van der Waals surface area contributed by atoms with Crippen LogP contribution in [-0.4, -0.2) is 47.0 Å². The number of aliphatic hydroxyl groups is 1. The molecule has 3 heterocycles. The Balaban J connectivity index is 1.28. The first-order valence-corrected chi connectivity index (χ1v) is 13.5. The molecule has 0 radical (unpaired) electrons. The zero-order chi connectivity index (χ0) is 29.5. The van der Waals surface area contributed by atoms with Gasteiger partial charge < -0.3 is 24.3 Å². The smallest absolute Gasteiger partial charge is 0.257 e. The number of likely N-dealkylation sites (N-methyl/N-ethyl adjacent to an activating group) is 2. The predicted octanol–water partition coefficient (Wildman–Crippen LogP) is 3.96. The van der Waals surface area contributed by atoms with Gasteiger partial charge in [0.15, 0.2) is 0 Å². The van der Waals surface area contributed by atoms with Crippen LogP contribution in [0.4, 0.5) is 10.1 Å². The van der Waals surface area contributed by atoms with Crippen LogP contribution in [0.2, 0.25) is 0 Å². The summed E-state index contributed by atoms with van der Waals surface area (Å²) in [6.45, 7) is 0.726. The Morgan fingerprint density at radius 1 is 1.10 bits per heavy atom. The monoisotopic (exact) mass is 568 g/mol. The van der Waals surface area contributed by atoms with Crippen LogP contribution in [0.3, 0.4) is 0 Å². The van der Waals surface area contributed by atoms with E-state index in [1.807, 2.05) is 48.3 Å². The van der Waals surface area contributed by atoms with E-state index in [0.29, 0.717) is 40.0 Å². The van der Waals surface area contributed by atoms with E-state index in [1.54, 1.807) is 29.8 Å². The third-order valence-corrected chi connectivity index (χ3v) is 7.57. The molecular formula is C32H29FN4O5. The number of halogens is 1. The van der Waals surface area contributed by atoms with E-state index in [2.05, 4.69) is 5.32 Å². The Labute approximate surface area is 240 Å². The van der Waals surface area contributed by atoms with Gasteiger partial charge in [0.2, 0.25) is 11.3 Å². The van der Waals surface area contributed by atoms with Crippen molar-refractivity contribution in [1.82, 2.24) is 14.8 Å². The topological polar surface area (TPSA) is 108 Å². The lowest BCUT2D eigenvalue weighted by molar-refractivity contribution is -0.119. The second-order valence-electron chi connectivity index (χ2n) is 10.7. The van der Waals surface area contributed by atoms with Crippen molar-refractivity contribution in [3.05, 3.63) is 111 Å². The summed E-state index contributed by atoms with van der Waals surface area (Å²) in [7, 11) is 3.50. The highest BCUT2D eigenvalue weighted by Gasteiger charge is 2.27. The summed E-state index contributed by atoms with van der Waals surface area (Å²) in [4.78, 5) is 43.0. The Kier molecular flexibility index (Phi) is 7.09. The summed E-state index contributed by atoms with van der Waals surface area (Å²) >= 11 is 0. The van der Waals surface area contributed by atoms with Crippen molar-refractivity contribution >= 4 is 39.4 Å². The molecule has 6 rings (SSSR count). The number of fused-ring (bicyclic) bond motifs is 1. The Bertz CT molecular complexity index is 1860. The van der Waals surface area contributed by atoms with Gasteiger partial charge in [-0.2, -0.15) is 0 Å². The fourth-order valence-electron chi connectivity index (χ4n) is 5.40. The summed E-state index contributed by atoms with van der Waals surface area (Å²) in [5, 5.41) is 14.8. The first-order valence-electron chi connectivity index (χ1n) is 13.5. The van der Waals surface area contributed by atoms with Crippen molar-refractivity contribution in [3.63, 3.8) is 0 Å². The second-order valence-corrected chi connectivity index (χ2v) is 10.7. The third-order valence-electron chi connectivity index (χ3n) is 7.57. The van der Waals surface area contributed by atoms with E-state index in [4.69, 9.17) is 4.42 Å². The summed E-state index contributed by atoms with van der Waals surface area (Å²) in [6.07, 6.45) is 0.549. The highest BCUT2D eigenvalue weighted by atomic mass is 19.1. The number of aromatic nitrogens is 1. The maximum absolute atomic E-state index is 13.7. The summed E-state index contributed by atoms with van der Waals surface area (Å²) in [5.41, 5.74) is 2.73. The van der Waals surface area contributed by atoms with E-state index in [-0.39, 0.29) is 36.9 Å². The zero-order valence-corrected chi connectivity index (χ0v) is 23.1. The van der Waals surface area contributed by atoms with Crippen molar-refractivity contribution < 1.29 is 23.5 Å². The minimum Gasteiger partial charge on any atom is -0.458 e. The molecule has 0 bridgehead atoms. The van der Waals surface area contributed by atoms with Gasteiger partial charge in [0.25, 0.3) is 5.91 Å². The molecule has 2 aromatic heterocycles. The molecule has 10 heteroatoms. The molecule has 214 valence electrons. The average Bonchev–Trinajstić information content (AvgIpc) is 3.41. The number of carbonyl (C=O) groups is 2. The summed E-state index contributed by atoms with van der Waals surface area (Å²) in [5.74, 6) is -0.690. The molecule has 5 aromatic rings. The standard InChI is InChI=1S/C32H29FN4O5/c1-35(17-26(38)28-13-21-5-3-4-6-27(21)42-28)15-20-11-23-30-25(12-20)36(2)29(39)18-37(30)16-24(31(23)40)32(41)34-14-19-7-9-22(33)10-8-19/h3-13,16,26,38H,14-15,17-18H2,1-2H3,(H,34,41)/t26-/m0/s1. The van der Waals surface area contributed by atoms with Crippen LogP contribution in [0.1, 0.15) is 33.3 Å². The molecular weight excluding hydrogens is 539 g/mol. The van der Waals surface area contributed by atoms with E-state index >= 15 is 0 Å². The van der Waals surface area contributed by atoms with E-state index in [0.717, 1.165) is 10.9 Å². The van der Waals surface area contributed by atoms with Crippen LogP contribution < -0.4 is 15.6 Å². The number of rotatable bonds is 8. The minimum absolute atomic E-state index is 0.0124. The van der Waals surface area contributed by atoms with Crippen LogP contribution in [0.5, 0.6) is 0 Å². The van der Waals surface area contributed by atoms with Crippen LogP contribution in [-0.2, 0) is 24.4 Å². The Hall–Kier alpha value is -4.80. The fourth-order valence-corrected chi connectivity index (χ4v) is 5.40. The number of furan rings is 1. The lowest BCUT2D eigenvalue weighted by Crippen LogP contribution is -2.37. The van der Waals surface area contributed by atoms with Crippen molar-refractivity contribution in [3.8, 4) is 0 Å². The van der Waals surface area contributed by atoms with Gasteiger partial charge in [0.1, 0.15) is 35.4 Å². The molecule has 0 spiro atoms. The van der Waals surface area contributed by atoms with Crippen molar-refractivity contribution in [2.45, 2.75) is 25.7 Å². The molecule has 3 aromatic carbocycles. The number of benzene rings is 3. The van der Waals surface area contributed by atoms with Crippen LogP contribution in [0.15, 0.2) is 82.1 Å². The van der Waals surface area contributed by atoms with Gasteiger partial charge in [0, 0.05) is 43.7 Å². The predicted molar refractivity (Wildman–Crippen MR) is 157 cm³/mol. The molecule has 2 amide bonds. The minimum atomic E-state index is -0.876. The Morgan fingerprint density at radius 3 is 2.62 bits per heavy atom. The SMILES string of the molecule is CN(Cc1cc2c3c(c1)c(=O)c(C(=O)NCc1ccc(F)cc1)cn3CC(=O)N2C)C[C@H](O)c1cc2ccccc2o1. The first-order chi connectivity index (χ1) is 20.2. The summed E-state index contributed by atoms with van der Waals surface area (Å²) in [6, 6.07) is 18.7. The first kappa shape index (κ1) is 27.4. The van der Waals surface area contributed by atoms with E-state index in [9.17, 15) is 23.9 Å². The lowest BCUT2D eigenvalue weighted by atomic mass is 10.0. The quantitative estimate of drug-likeness (QED) is 0.294. The number of hydrogen-bond acceptors (Lipinski definition) is 6. The van der Waals surface area contributed by atoms with Crippen molar-refractivity contribution in [2.75, 3.05) is 25.5 Å². The maximum atomic E-state index is 13.7. The van der Waals surface area contributed by atoms with Gasteiger partial charge in [-0.15, -0.1) is 0 Å². The van der Waals surface area contributed by atoms with Gasteiger partial charge in [-0.05, 0) is 54.6 Å². The molecule has 0 saturated carbocycles. The highest BCUT2D eigenvalue weighted by Crippen LogP contribution is 2.31. The third kappa shape index (κ3) is 5.17. The molecule has 0 saturated heterocycles. The average molecular weight is 569 g/mol. The van der Waals surface area contributed by atoms with E-state index in [1.165, 1.54) is 23.2 Å². The number of hydrogen-bond donors (Lipinski definition) is 2. The number of amides is 2. The zero-order valence-electron chi connectivity index (χ0n) is 23.1. The second kappa shape index (κ2) is 10.9. The number of carbonyl (C=O) groups excluding carboxylic acids is 2. The van der Waals surface area contributed by atoms with E-state index < -0.39 is 17.4 Å².